The number of likely N-dealkylation sites (tertiary alicyclic amines) is 1. The Morgan fingerprint density at radius 1 is 1.36 bits per heavy atom. The van der Waals surface area contributed by atoms with Crippen LogP contribution in [0.15, 0.2) is 47.1 Å². The van der Waals surface area contributed by atoms with Crippen molar-refractivity contribution in [3.63, 3.8) is 0 Å². The predicted molar refractivity (Wildman–Crippen MR) is 83.5 cm³/mol. The van der Waals surface area contributed by atoms with Crippen LogP contribution in [0.2, 0.25) is 0 Å². The van der Waals surface area contributed by atoms with Gasteiger partial charge in [-0.2, -0.15) is 0 Å². The molecule has 1 aliphatic rings. The number of carbonyl (C=O) groups excluding carboxylic acids is 1. The van der Waals surface area contributed by atoms with Crippen molar-refractivity contribution in [1.82, 2.24) is 4.90 Å². The first kappa shape index (κ1) is 14.9. The summed E-state index contributed by atoms with van der Waals surface area (Å²) in [5.41, 5.74) is 1.58. The molecule has 1 atom stereocenters. The Bertz CT molecular complexity index is 660. The van der Waals surface area contributed by atoms with Gasteiger partial charge in [-0.3, -0.25) is 4.79 Å². The summed E-state index contributed by atoms with van der Waals surface area (Å²) in [6, 6.07) is 11.9. The predicted octanol–water partition coefficient (Wildman–Crippen LogP) is 3.18. The van der Waals surface area contributed by atoms with E-state index in [0.29, 0.717) is 23.8 Å². The maximum absolute atomic E-state index is 12.8. The smallest absolute Gasteiger partial charge is 0.257 e. The van der Waals surface area contributed by atoms with Gasteiger partial charge in [0, 0.05) is 18.0 Å². The van der Waals surface area contributed by atoms with Gasteiger partial charge in [0.05, 0.1) is 5.56 Å². The van der Waals surface area contributed by atoms with E-state index in [0.717, 1.165) is 6.42 Å². The van der Waals surface area contributed by atoms with Gasteiger partial charge in [-0.05, 0) is 31.9 Å². The van der Waals surface area contributed by atoms with Gasteiger partial charge in [-0.15, -0.1) is 0 Å². The van der Waals surface area contributed by atoms with Crippen LogP contribution in [0.5, 0.6) is 0 Å². The van der Waals surface area contributed by atoms with Gasteiger partial charge < -0.3 is 14.4 Å². The van der Waals surface area contributed by atoms with Crippen molar-refractivity contribution < 1.29 is 14.3 Å². The molecule has 116 valence electrons. The van der Waals surface area contributed by atoms with Crippen LogP contribution in [-0.4, -0.2) is 28.0 Å². The fourth-order valence-corrected chi connectivity index (χ4v) is 3.28. The molecule has 4 heteroatoms. The van der Waals surface area contributed by atoms with Gasteiger partial charge >= 0.3 is 0 Å². The first-order valence-corrected chi connectivity index (χ1v) is 7.56. The SMILES string of the molecule is CC1(C)C[C@H](c2ccccc2)CN1C(=O)c1coc(CO)c1. The molecule has 0 aliphatic carbocycles. The Hall–Kier alpha value is -2.07. The topological polar surface area (TPSA) is 53.7 Å². The fourth-order valence-electron chi connectivity index (χ4n) is 3.28. The summed E-state index contributed by atoms with van der Waals surface area (Å²) < 4.78 is 5.18. The summed E-state index contributed by atoms with van der Waals surface area (Å²) in [5, 5.41) is 9.07. The molecule has 1 fully saturated rings. The Morgan fingerprint density at radius 2 is 2.09 bits per heavy atom. The normalized spacial score (nSPS) is 20.3. The van der Waals surface area contributed by atoms with E-state index in [-0.39, 0.29) is 18.1 Å². The van der Waals surface area contributed by atoms with Gasteiger partial charge in [0.2, 0.25) is 0 Å². The Morgan fingerprint density at radius 3 is 2.73 bits per heavy atom. The lowest BCUT2D eigenvalue weighted by Gasteiger charge is -2.31. The van der Waals surface area contributed by atoms with Crippen LogP contribution in [0.1, 0.15) is 47.9 Å². The Labute approximate surface area is 130 Å². The number of nitrogens with zero attached hydrogens (tertiary/aromatic N) is 1. The molecule has 1 saturated heterocycles. The molecule has 4 nitrogen and oxygen atoms in total. The van der Waals surface area contributed by atoms with E-state index in [1.807, 2.05) is 23.1 Å². The van der Waals surface area contributed by atoms with Crippen molar-refractivity contribution in [2.45, 2.75) is 38.3 Å². The van der Waals surface area contributed by atoms with Crippen LogP contribution in [0, 0.1) is 0 Å². The highest BCUT2D eigenvalue weighted by atomic mass is 16.4. The minimum atomic E-state index is -0.200. The van der Waals surface area contributed by atoms with E-state index in [2.05, 4.69) is 26.0 Å². The van der Waals surface area contributed by atoms with Gasteiger partial charge in [0.15, 0.2) is 0 Å². The summed E-state index contributed by atoms with van der Waals surface area (Å²) in [6.45, 7) is 4.71. The zero-order valence-electron chi connectivity index (χ0n) is 13.0. The van der Waals surface area contributed by atoms with Crippen molar-refractivity contribution in [2.24, 2.45) is 0 Å². The third kappa shape index (κ3) is 2.66. The summed E-state index contributed by atoms with van der Waals surface area (Å²) >= 11 is 0. The Balaban J connectivity index is 1.82. The number of furan rings is 1. The van der Waals surface area contributed by atoms with Crippen LogP contribution in [-0.2, 0) is 6.61 Å². The van der Waals surface area contributed by atoms with E-state index >= 15 is 0 Å². The zero-order chi connectivity index (χ0) is 15.7. The molecule has 1 aromatic carbocycles. The standard InChI is InChI=1S/C18H21NO3/c1-18(2)9-15(13-6-4-3-5-7-13)10-19(18)17(21)14-8-16(11-20)22-12-14/h3-8,12,15,20H,9-11H2,1-2H3/t15-/m0/s1. The van der Waals surface area contributed by atoms with Crippen LogP contribution in [0.25, 0.3) is 0 Å². The fraction of sp³-hybridized carbons (Fsp3) is 0.389. The summed E-state index contributed by atoms with van der Waals surface area (Å²) in [6.07, 6.45) is 2.37. The molecule has 3 rings (SSSR count). The molecule has 0 saturated carbocycles. The first-order valence-electron chi connectivity index (χ1n) is 7.56. The molecule has 0 radical (unpaired) electrons. The number of carbonyl (C=O) groups is 1. The van der Waals surface area contributed by atoms with Crippen LogP contribution in [0.4, 0.5) is 0 Å². The summed E-state index contributed by atoms with van der Waals surface area (Å²) in [5.74, 6) is 0.733. The summed E-state index contributed by atoms with van der Waals surface area (Å²) in [7, 11) is 0. The molecular formula is C18H21NO3. The Kier molecular flexibility index (Phi) is 3.79. The third-order valence-corrected chi connectivity index (χ3v) is 4.45. The van der Waals surface area contributed by atoms with Crippen LogP contribution in [0.3, 0.4) is 0 Å². The molecule has 2 heterocycles. The second kappa shape index (κ2) is 5.61. The van der Waals surface area contributed by atoms with Crippen molar-refractivity contribution >= 4 is 5.91 Å². The number of rotatable bonds is 3. The highest BCUT2D eigenvalue weighted by Gasteiger charge is 2.42. The third-order valence-electron chi connectivity index (χ3n) is 4.45. The first-order chi connectivity index (χ1) is 10.5. The number of benzene rings is 1. The van der Waals surface area contributed by atoms with Gasteiger partial charge in [0.1, 0.15) is 18.6 Å². The van der Waals surface area contributed by atoms with Crippen LogP contribution < -0.4 is 0 Å². The average Bonchev–Trinajstić information content (AvgIpc) is 3.11. The molecule has 1 aromatic heterocycles. The van der Waals surface area contributed by atoms with Gasteiger partial charge in [0.25, 0.3) is 5.91 Å². The molecule has 0 spiro atoms. The molecule has 1 aliphatic heterocycles. The monoisotopic (exact) mass is 299 g/mol. The highest BCUT2D eigenvalue weighted by Crippen LogP contribution is 2.39. The van der Waals surface area contributed by atoms with Gasteiger partial charge in [-0.25, -0.2) is 0 Å². The van der Waals surface area contributed by atoms with Gasteiger partial charge in [-0.1, -0.05) is 30.3 Å². The van der Waals surface area contributed by atoms with Crippen molar-refractivity contribution in [3.05, 3.63) is 59.5 Å². The molecule has 0 bridgehead atoms. The van der Waals surface area contributed by atoms with E-state index in [4.69, 9.17) is 9.52 Å². The zero-order valence-corrected chi connectivity index (χ0v) is 13.0. The second-order valence-corrected chi connectivity index (χ2v) is 6.50. The number of hydrogen-bond donors (Lipinski definition) is 1. The quantitative estimate of drug-likeness (QED) is 0.947. The lowest BCUT2D eigenvalue weighted by Crippen LogP contribution is -2.42. The van der Waals surface area contributed by atoms with Crippen molar-refractivity contribution in [2.75, 3.05) is 6.54 Å². The lowest BCUT2D eigenvalue weighted by atomic mass is 9.91. The minimum Gasteiger partial charge on any atom is -0.466 e. The molecule has 1 amide bonds. The van der Waals surface area contributed by atoms with E-state index in [9.17, 15) is 4.79 Å². The minimum absolute atomic E-state index is 0.0353. The maximum Gasteiger partial charge on any atom is 0.257 e. The van der Waals surface area contributed by atoms with E-state index in [1.165, 1.54) is 11.8 Å². The molecular weight excluding hydrogens is 278 g/mol. The van der Waals surface area contributed by atoms with Crippen molar-refractivity contribution in [3.8, 4) is 0 Å². The molecule has 2 aromatic rings. The van der Waals surface area contributed by atoms with E-state index in [1.54, 1.807) is 6.07 Å². The average molecular weight is 299 g/mol. The lowest BCUT2D eigenvalue weighted by molar-refractivity contribution is 0.0650. The van der Waals surface area contributed by atoms with E-state index < -0.39 is 0 Å². The molecule has 1 N–H and O–H groups in total. The van der Waals surface area contributed by atoms with Crippen LogP contribution >= 0.6 is 0 Å². The molecule has 22 heavy (non-hydrogen) atoms. The molecule has 0 unspecified atom stereocenters. The number of aliphatic hydroxyl groups excluding tert-OH is 1. The highest BCUT2D eigenvalue weighted by molar-refractivity contribution is 5.94. The summed E-state index contributed by atoms with van der Waals surface area (Å²) in [4.78, 5) is 14.7. The van der Waals surface area contributed by atoms with Crippen molar-refractivity contribution in [1.29, 1.82) is 0 Å². The number of aliphatic hydroxyl groups is 1. The largest absolute Gasteiger partial charge is 0.466 e. The maximum atomic E-state index is 12.8. The number of amides is 1. The second-order valence-electron chi connectivity index (χ2n) is 6.50. The number of hydrogen-bond acceptors (Lipinski definition) is 3.